The average molecular weight is 202 g/mol. The molecule has 0 spiro atoms. The molecular formula is C13H18N2. The first-order valence-electron chi connectivity index (χ1n) is 5.76. The molecule has 15 heavy (non-hydrogen) atoms. The van der Waals surface area contributed by atoms with Gasteiger partial charge in [0, 0.05) is 18.7 Å². The van der Waals surface area contributed by atoms with Crippen molar-refractivity contribution in [3.63, 3.8) is 0 Å². The Balaban J connectivity index is 2.08. The maximum absolute atomic E-state index is 4.58. The molecule has 0 fully saturated rings. The number of hydrogen-bond donors (Lipinski definition) is 0. The van der Waals surface area contributed by atoms with Crippen LogP contribution in [0.25, 0.3) is 0 Å². The molecule has 1 aromatic carbocycles. The van der Waals surface area contributed by atoms with E-state index in [4.69, 9.17) is 0 Å². The molecule has 2 rings (SSSR count). The second-order valence-corrected chi connectivity index (χ2v) is 3.91. The van der Waals surface area contributed by atoms with Crippen molar-refractivity contribution < 1.29 is 0 Å². The fraction of sp³-hybridized carbons (Fsp3) is 0.462. The predicted octanol–water partition coefficient (Wildman–Crippen LogP) is 2.55. The van der Waals surface area contributed by atoms with Crippen molar-refractivity contribution in [3.05, 3.63) is 35.9 Å². The fourth-order valence-electron chi connectivity index (χ4n) is 1.91. The van der Waals surface area contributed by atoms with Crippen LogP contribution in [-0.2, 0) is 0 Å². The summed E-state index contributed by atoms with van der Waals surface area (Å²) >= 11 is 0. The zero-order valence-corrected chi connectivity index (χ0v) is 9.32. The first-order chi connectivity index (χ1) is 7.42. The lowest BCUT2D eigenvalue weighted by Gasteiger charge is -2.19. The van der Waals surface area contributed by atoms with Gasteiger partial charge in [0.15, 0.2) is 0 Å². The zero-order chi connectivity index (χ0) is 10.5. The van der Waals surface area contributed by atoms with E-state index in [0.717, 1.165) is 19.6 Å². The number of amidine groups is 1. The van der Waals surface area contributed by atoms with Gasteiger partial charge in [0.2, 0.25) is 0 Å². The number of aliphatic imine (C=N–C) groups is 1. The number of hydrogen-bond acceptors (Lipinski definition) is 2. The molecule has 0 N–H and O–H groups in total. The van der Waals surface area contributed by atoms with E-state index < -0.39 is 0 Å². The minimum atomic E-state index is 0.952. The van der Waals surface area contributed by atoms with Crippen molar-refractivity contribution in [2.45, 2.75) is 19.8 Å². The van der Waals surface area contributed by atoms with Crippen LogP contribution in [0, 0.1) is 0 Å². The Morgan fingerprint density at radius 1 is 1.27 bits per heavy atom. The van der Waals surface area contributed by atoms with E-state index >= 15 is 0 Å². The molecule has 0 amide bonds. The van der Waals surface area contributed by atoms with Gasteiger partial charge < -0.3 is 4.90 Å². The topological polar surface area (TPSA) is 15.6 Å². The summed E-state index contributed by atoms with van der Waals surface area (Å²) in [5.41, 5.74) is 1.26. The molecule has 0 aromatic heterocycles. The average Bonchev–Trinajstić information content (AvgIpc) is 2.75. The normalized spacial score (nSPS) is 15.5. The molecule has 0 bridgehead atoms. The summed E-state index contributed by atoms with van der Waals surface area (Å²) in [4.78, 5) is 6.98. The highest BCUT2D eigenvalue weighted by molar-refractivity contribution is 5.99. The molecule has 2 heteroatoms. The van der Waals surface area contributed by atoms with Gasteiger partial charge in [-0.2, -0.15) is 0 Å². The van der Waals surface area contributed by atoms with Gasteiger partial charge in [-0.25, -0.2) is 0 Å². The Morgan fingerprint density at radius 2 is 2.07 bits per heavy atom. The van der Waals surface area contributed by atoms with Crippen LogP contribution in [-0.4, -0.2) is 30.4 Å². The molecule has 1 aromatic rings. The largest absolute Gasteiger partial charge is 0.355 e. The Morgan fingerprint density at radius 3 is 2.80 bits per heavy atom. The quantitative estimate of drug-likeness (QED) is 0.732. The molecule has 0 saturated heterocycles. The van der Waals surface area contributed by atoms with Crippen LogP contribution < -0.4 is 0 Å². The van der Waals surface area contributed by atoms with Crippen LogP contribution >= 0.6 is 0 Å². The van der Waals surface area contributed by atoms with Crippen LogP contribution in [0.15, 0.2) is 35.3 Å². The van der Waals surface area contributed by atoms with Gasteiger partial charge in [0.25, 0.3) is 0 Å². The van der Waals surface area contributed by atoms with Crippen LogP contribution in [0.1, 0.15) is 25.3 Å². The maximum atomic E-state index is 4.58. The number of nitrogens with zero attached hydrogens (tertiary/aromatic N) is 2. The third kappa shape index (κ3) is 2.38. The van der Waals surface area contributed by atoms with Crippen molar-refractivity contribution in [1.82, 2.24) is 4.90 Å². The molecule has 0 radical (unpaired) electrons. The summed E-state index contributed by atoms with van der Waals surface area (Å²) in [6.07, 6.45) is 2.50. The van der Waals surface area contributed by atoms with E-state index in [2.05, 4.69) is 47.1 Å². The zero-order valence-electron chi connectivity index (χ0n) is 9.32. The lowest BCUT2D eigenvalue weighted by molar-refractivity contribution is 0.443. The highest BCUT2D eigenvalue weighted by Crippen LogP contribution is 2.11. The van der Waals surface area contributed by atoms with Crippen molar-refractivity contribution >= 4 is 5.84 Å². The predicted molar refractivity (Wildman–Crippen MR) is 64.3 cm³/mol. The molecule has 2 nitrogen and oxygen atoms in total. The number of rotatable bonds is 4. The van der Waals surface area contributed by atoms with Gasteiger partial charge in [0.1, 0.15) is 5.84 Å². The maximum Gasteiger partial charge on any atom is 0.131 e. The number of unbranched alkanes of at least 4 members (excludes halogenated alkanes) is 1. The second kappa shape index (κ2) is 4.96. The Bertz CT molecular complexity index is 330. The Labute approximate surface area is 91.6 Å². The minimum absolute atomic E-state index is 0.952. The van der Waals surface area contributed by atoms with Gasteiger partial charge >= 0.3 is 0 Å². The fourth-order valence-corrected chi connectivity index (χ4v) is 1.91. The summed E-state index contributed by atoms with van der Waals surface area (Å²) in [5, 5.41) is 0. The van der Waals surface area contributed by atoms with Crippen molar-refractivity contribution in [2.75, 3.05) is 19.6 Å². The summed E-state index contributed by atoms with van der Waals surface area (Å²) in [5.74, 6) is 1.18. The van der Waals surface area contributed by atoms with Crippen LogP contribution in [0.2, 0.25) is 0 Å². The van der Waals surface area contributed by atoms with Crippen LogP contribution in [0.3, 0.4) is 0 Å². The molecule has 0 unspecified atom stereocenters. The standard InChI is InChI=1S/C13H18N2/c1-2-3-10-15-11-9-14-13(15)12-7-5-4-6-8-12/h4-8H,2-3,9-11H2,1H3. The summed E-state index contributed by atoms with van der Waals surface area (Å²) in [7, 11) is 0. The van der Waals surface area contributed by atoms with Gasteiger partial charge in [-0.1, -0.05) is 43.7 Å². The molecule has 0 saturated carbocycles. The summed E-state index contributed by atoms with van der Waals surface area (Å²) < 4.78 is 0. The van der Waals surface area contributed by atoms with E-state index in [9.17, 15) is 0 Å². The lowest BCUT2D eigenvalue weighted by Crippen LogP contribution is -2.29. The molecule has 0 atom stereocenters. The van der Waals surface area contributed by atoms with Crippen molar-refractivity contribution in [3.8, 4) is 0 Å². The van der Waals surface area contributed by atoms with Crippen LogP contribution in [0.4, 0.5) is 0 Å². The molecule has 1 heterocycles. The van der Waals surface area contributed by atoms with E-state index in [1.165, 1.54) is 24.2 Å². The van der Waals surface area contributed by atoms with Gasteiger partial charge in [0.05, 0.1) is 6.54 Å². The van der Waals surface area contributed by atoms with Gasteiger partial charge in [-0.3, -0.25) is 4.99 Å². The third-order valence-electron chi connectivity index (χ3n) is 2.74. The lowest BCUT2D eigenvalue weighted by atomic mass is 10.2. The highest BCUT2D eigenvalue weighted by atomic mass is 15.2. The number of benzene rings is 1. The molecule has 80 valence electrons. The van der Waals surface area contributed by atoms with E-state index in [0.29, 0.717) is 0 Å². The van der Waals surface area contributed by atoms with E-state index in [-0.39, 0.29) is 0 Å². The van der Waals surface area contributed by atoms with Crippen molar-refractivity contribution in [1.29, 1.82) is 0 Å². The van der Waals surface area contributed by atoms with Gasteiger partial charge in [-0.05, 0) is 6.42 Å². The summed E-state index contributed by atoms with van der Waals surface area (Å²) in [6.45, 7) is 5.41. The van der Waals surface area contributed by atoms with Crippen molar-refractivity contribution in [2.24, 2.45) is 4.99 Å². The van der Waals surface area contributed by atoms with Crippen LogP contribution in [0.5, 0.6) is 0 Å². The smallest absolute Gasteiger partial charge is 0.131 e. The molecule has 1 aliphatic rings. The monoisotopic (exact) mass is 202 g/mol. The Hall–Kier alpha value is -1.31. The first kappa shape index (κ1) is 10.2. The highest BCUT2D eigenvalue weighted by Gasteiger charge is 2.16. The SMILES string of the molecule is CCCCN1CCN=C1c1ccccc1. The molecule has 1 aliphatic heterocycles. The summed E-state index contributed by atoms with van der Waals surface area (Å²) in [6, 6.07) is 10.5. The van der Waals surface area contributed by atoms with E-state index in [1.807, 2.05) is 0 Å². The minimum Gasteiger partial charge on any atom is -0.355 e. The second-order valence-electron chi connectivity index (χ2n) is 3.91. The van der Waals surface area contributed by atoms with E-state index in [1.54, 1.807) is 0 Å². The first-order valence-corrected chi connectivity index (χ1v) is 5.76. The Kier molecular flexibility index (Phi) is 3.38. The third-order valence-corrected chi connectivity index (χ3v) is 2.74. The molecule has 0 aliphatic carbocycles. The van der Waals surface area contributed by atoms with Gasteiger partial charge in [-0.15, -0.1) is 0 Å². The molecular weight excluding hydrogens is 184 g/mol.